The van der Waals surface area contributed by atoms with Crippen LogP contribution in [0.1, 0.15) is 6.92 Å². The van der Waals surface area contributed by atoms with Gasteiger partial charge in [-0.1, -0.05) is 12.0 Å². The molecule has 0 aliphatic heterocycles. The maximum absolute atomic E-state index is 11.2. The summed E-state index contributed by atoms with van der Waals surface area (Å²) in [5, 5.41) is 0. The Morgan fingerprint density at radius 3 is 2.71 bits per heavy atom. The Kier molecular flexibility index (Phi) is 5.66. The number of nitrogens with zero attached hydrogens (tertiary/aromatic N) is 1. The molecule has 78 valence electrons. The summed E-state index contributed by atoms with van der Waals surface area (Å²) in [6.45, 7) is 3.16. The summed E-state index contributed by atoms with van der Waals surface area (Å²) in [7, 11) is 3.94. The number of rotatable bonds is 5. The fourth-order valence-electron chi connectivity index (χ4n) is 0.973. The molecule has 0 bridgehead atoms. The van der Waals surface area contributed by atoms with Gasteiger partial charge in [0, 0.05) is 0 Å². The molecule has 0 N–H and O–H groups in total. The van der Waals surface area contributed by atoms with Crippen molar-refractivity contribution in [2.75, 3.05) is 33.8 Å². The molecule has 0 saturated heterocycles. The predicted octanol–water partition coefficient (Wildman–Crippen LogP) is 0.815. The highest BCUT2D eigenvalue weighted by molar-refractivity contribution is 5.70. The molecule has 0 aliphatic carbocycles. The number of hydrogen-bond donors (Lipinski definition) is 0. The molecule has 0 saturated carbocycles. The number of carbonyl (C=O) groups is 1. The molecule has 3 heteroatoms. The fourth-order valence-corrected chi connectivity index (χ4v) is 0.973. The molecule has 0 unspecified atom stereocenters. The van der Waals surface area contributed by atoms with E-state index in [1.54, 1.807) is 0 Å². The lowest BCUT2D eigenvalue weighted by Crippen LogP contribution is -2.44. The topological polar surface area (TPSA) is 26.3 Å². The summed E-state index contributed by atoms with van der Waals surface area (Å²) in [6.07, 6.45) is 8.96. The zero-order valence-electron chi connectivity index (χ0n) is 9.12. The molecule has 14 heavy (non-hydrogen) atoms. The van der Waals surface area contributed by atoms with Crippen LogP contribution in [0.3, 0.4) is 0 Å². The predicted molar refractivity (Wildman–Crippen MR) is 56.4 cm³/mol. The molecule has 0 aromatic carbocycles. The Labute approximate surface area is 85.9 Å². The van der Waals surface area contributed by atoms with Crippen LogP contribution in [0.5, 0.6) is 0 Å². The molecule has 0 aromatic heterocycles. The maximum Gasteiger partial charge on any atom is 0.362 e. The van der Waals surface area contributed by atoms with Crippen molar-refractivity contribution in [3.05, 3.63) is 12.2 Å². The van der Waals surface area contributed by atoms with Crippen molar-refractivity contribution in [1.29, 1.82) is 0 Å². The minimum atomic E-state index is -0.252. The van der Waals surface area contributed by atoms with Gasteiger partial charge in [0.05, 0.1) is 20.6 Å². The maximum atomic E-state index is 11.2. The van der Waals surface area contributed by atoms with Crippen LogP contribution in [-0.4, -0.2) is 44.2 Å². The number of hydrogen-bond acceptors (Lipinski definition) is 2. The van der Waals surface area contributed by atoms with E-state index >= 15 is 0 Å². The van der Waals surface area contributed by atoms with E-state index < -0.39 is 0 Å². The van der Waals surface area contributed by atoms with Gasteiger partial charge < -0.3 is 9.22 Å². The first kappa shape index (κ1) is 12.7. The Morgan fingerprint density at radius 2 is 2.21 bits per heavy atom. The smallest absolute Gasteiger partial charge is 0.362 e. The van der Waals surface area contributed by atoms with Gasteiger partial charge in [-0.15, -0.1) is 6.42 Å². The molecule has 0 radical (unpaired) electrons. The van der Waals surface area contributed by atoms with Gasteiger partial charge in [-0.05, 0) is 13.0 Å². The van der Waals surface area contributed by atoms with Crippen LogP contribution >= 0.6 is 0 Å². The zero-order chi connectivity index (χ0) is 11.0. The monoisotopic (exact) mass is 196 g/mol. The number of carbonyl (C=O) groups excluding carboxylic acids is 1. The van der Waals surface area contributed by atoms with Crippen molar-refractivity contribution < 1.29 is 14.0 Å². The van der Waals surface area contributed by atoms with Gasteiger partial charge in [0.15, 0.2) is 13.2 Å². The Bertz CT molecular complexity index is 249. The summed E-state index contributed by atoms with van der Waals surface area (Å²) in [6, 6.07) is 0. The lowest BCUT2D eigenvalue weighted by atomic mass is 10.4. The summed E-state index contributed by atoms with van der Waals surface area (Å²) in [5.74, 6) is 2.01. The summed E-state index contributed by atoms with van der Waals surface area (Å²) in [4.78, 5) is 11.2. The van der Waals surface area contributed by atoms with Gasteiger partial charge >= 0.3 is 5.97 Å². The highest BCUT2D eigenvalue weighted by atomic mass is 16.5. The van der Waals surface area contributed by atoms with Crippen molar-refractivity contribution in [2.45, 2.75) is 6.92 Å². The van der Waals surface area contributed by atoms with Gasteiger partial charge in [0.2, 0.25) is 0 Å². The first-order chi connectivity index (χ1) is 6.52. The highest BCUT2D eigenvalue weighted by Gasteiger charge is 2.19. The SMILES string of the molecule is C#CCOC(=O)C[N+](C)(C)C/C=C/C. The molecule has 0 amide bonds. The second-order valence-corrected chi connectivity index (χ2v) is 3.71. The van der Waals surface area contributed by atoms with E-state index in [0.29, 0.717) is 11.0 Å². The molecular formula is C11H18NO2+. The number of terminal acetylenes is 1. The number of likely N-dealkylation sites (N-methyl/N-ethyl adjacent to an activating group) is 1. The lowest BCUT2D eigenvalue weighted by Gasteiger charge is -2.26. The summed E-state index contributed by atoms with van der Waals surface area (Å²) < 4.78 is 5.37. The van der Waals surface area contributed by atoms with Crippen LogP contribution in [0, 0.1) is 12.3 Å². The van der Waals surface area contributed by atoms with E-state index in [1.807, 2.05) is 33.2 Å². The zero-order valence-corrected chi connectivity index (χ0v) is 9.12. The third-order valence-corrected chi connectivity index (χ3v) is 1.71. The number of allylic oxidation sites excluding steroid dienone is 1. The Morgan fingerprint density at radius 1 is 1.57 bits per heavy atom. The van der Waals surface area contributed by atoms with Gasteiger partial charge in [-0.3, -0.25) is 0 Å². The number of quaternary nitrogens is 1. The third kappa shape index (κ3) is 6.27. The first-order valence-corrected chi connectivity index (χ1v) is 4.54. The average Bonchev–Trinajstić information content (AvgIpc) is 2.11. The molecule has 0 spiro atoms. The van der Waals surface area contributed by atoms with E-state index in [4.69, 9.17) is 11.2 Å². The van der Waals surface area contributed by atoms with Crippen molar-refractivity contribution in [3.63, 3.8) is 0 Å². The van der Waals surface area contributed by atoms with Gasteiger partial charge in [0.1, 0.15) is 0 Å². The molecular weight excluding hydrogens is 178 g/mol. The minimum absolute atomic E-state index is 0.0580. The fraction of sp³-hybridized carbons (Fsp3) is 0.545. The van der Waals surface area contributed by atoms with Crippen molar-refractivity contribution in [2.24, 2.45) is 0 Å². The number of ether oxygens (including phenoxy) is 1. The molecule has 0 aromatic rings. The van der Waals surface area contributed by atoms with Crippen LogP contribution < -0.4 is 0 Å². The van der Waals surface area contributed by atoms with E-state index in [1.165, 1.54) is 0 Å². The quantitative estimate of drug-likeness (QED) is 0.281. The first-order valence-electron chi connectivity index (χ1n) is 4.54. The highest BCUT2D eigenvalue weighted by Crippen LogP contribution is 1.98. The largest absolute Gasteiger partial charge is 0.448 e. The Balaban J connectivity index is 3.96. The average molecular weight is 196 g/mol. The summed E-state index contributed by atoms with van der Waals surface area (Å²) in [5.41, 5.74) is 0. The summed E-state index contributed by atoms with van der Waals surface area (Å²) >= 11 is 0. The standard InChI is InChI=1S/C11H18NO2/c1-5-7-8-12(3,4)10-11(13)14-9-6-2/h2,5,7H,8-10H2,1,3-4H3/q+1/b7-5+. The van der Waals surface area contributed by atoms with E-state index in [2.05, 4.69) is 5.92 Å². The molecule has 0 rings (SSSR count). The number of esters is 1. The van der Waals surface area contributed by atoms with Gasteiger partial charge in [0.25, 0.3) is 0 Å². The van der Waals surface area contributed by atoms with Gasteiger partial charge in [-0.2, -0.15) is 0 Å². The van der Waals surface area contributed by atoms with Crippen LogP contribution in [0.25, 0.3) is 0 Å². The van der Waals surface area contributed by atoms with Crippen LogP contribution in [0.15, 0.2) is 12.2 Å². The molecule has 0 atom stereocenters. The third-order valence-electron chi connectivity index (χ3n) is 1.71. The molecule has 3 nitrogen and oxygen atoms in total. The van der Waals surface area contributed by atoms with Gasteiger partial charge in [-0.25, -0.2) is 4.79 Å². The molecule has 0 heterocycles. The van der Waals surface area contributed by atoms with Crippen LogP contribution in [0.4, 0.5) is 0 Å². The Hall–Kier alpha value is -1.27. The molecule has 0 fully saturated rings. The van der Waals surface area contributed by atoms with Crippen LogP contribution in [0.2, 0.25) is 0 Å². The van der Waals surface area contributed by atoms with Crippen molar-refractivity contribution in [3.8, 4) is 12.3 Å². The van der Waals surface area contributed by atoms with Crippen molar-refractivity contribution >= 4 is 5.97 Å². The second kappa shape index (κ2) is 6.22. The normalized spacial score (nSPS) is 11.3. The lowest BCUT2D eigenvalue weighted by molar-refractivity contribution is -0.877. The molecule has 0 aliphatic rings. The van der Waals surface area contributed by atoms with E-state index in [9.17, 15) is 4.79 Å². The second-order valence-electron chi connectivity index (χ2n) is 3.71. The van der Waals surface area contributed by atoms with Crippen molar-refractivity contribution in [1.82, 2.24) is 0 Å². The minimum Gasteiger partial charge on any atom is -0.448 e. The van der Waals surface area contributed by atoms with E-state index in [-0.39, 0.29) is 12.6 Å². The van der Waals surface area contributed by atoms with E-state index in [0.717, 1.165) is 6.54 Å². The van der Waals surface area contributed by atoms with Crippen LogP contribution in [-0.2, 0) is 9.53 Å².